The van der Waals surface area contributed by atoms with Crippen LogP contribution in [0.4, 0.5) is 10.1 Å². The molecule has 1 amide bonds. The number of nitro benzene ring substituents is 1. The molecule has 154 valence electrons. The number of nitrogens with one attached hydrogen (secondary N) is 1. The quantitative estimate of drug-likeness (QED) is 0.362. The van der Waals surface area contributed by atoms with Crippen molar-refractivity contribution in [3.63, 3.8) is 0 Å². The third kappa shape index (κ3) is 4.66. The number of esters is 1. The number of aromatic nitrogens is 2. The van der Waals surface area contributed by atoms with Crippen molar-refractivity contribution >= 4 is 17.6 Å². The smallest absolute Gasteiger partial charge is 0.307 e. The van der Waals surface area contributed by atoms with Crippen molar-refractivity contribution in [1.29, 1.82) is 0 Å². The molecule has 3 rings (SSSR count). The molecule has 1 unspecified atom stereocenters. The summed E-state index contributed by atoms with van der Waals surface area (Å²) < 4.78 is 19.3. The number of nitrogens with zero attached hydrogens (tertiary/aromatic N) is 3. The molecule has 9 nitrogen and oxygen atoms in total. The minimum atomic E-state index is -0.807. The Hall–Kier alpha value is -4.08. The van der Waals surface area contributed by atoms with Crippen LogP contribution in [0.3, 0.4) is 0 Å². The van der Waals surface area contributed by atoms with Crippen LogP contribution in [-0.2, 0) is 9.53 Å². The largest absolute Gasteiger partial charge is 0.469 e. The lowest BCUT2D eigenvalue weighted by Gasteiger charge is -2.18. The summed E-state index contributed by atoms with van der Waals surface area (Å²) in [6, 6.07) is 8.48. The standard InChI is InChI=1S/C20H17FN4O5/c1-30-19(26)11-16(13-2-5-15(21)6-3-13)23-20(27)14-4-7-17(18(10-14)25(28)29)24-9-8-22-12-24/h2-10,12,16H,11H2,1H3,(H,23,27). The molecular formula is C20H17FN4O5. The van der Waals surface area contributed by atoms with Crippen LogP contribution in [0, 0.1) is 15.9 Å². The molecule has 1 atom stereocenters. The summed E-state index contributed by atoms with van der Waals surface area (Å²) in [5.41, 5.74) is 0.480. The first kappa shape index (κ1) is 20.6. The molecule has 30 heavy (non-hydrogen) atoms. The fourth-order valence-corrected chi connectivity index (χ4v) is 2.87. The summed E-state index contributed by atoms with van der Waals surface area (Å²) in [7, 11) is 1.21. The summed E-state index contributed by atoms with van der Waals surface area (Å²) in [6.45, 7) is 0. The Bertz CT molecular complexity index is 1070. The van der Waals surface area contributed by atoms with Crippen molar-refractivity contribution in [2.75, 3.05) is 7.11 Å². The van der Waals surface area contributed by atoms with Gasteiger partial charge in [-0.25, -0.2) is 9.37 Å². The van der Waals surface area contributed by atoms with Crippen molar-refractivity contribution in [1.82, 2.24) is 14.9 Å². The monoisotopic (exact) mass is 412 g/mol. The van der Waals surface area contributed by atoms with Gasteiger partial charge in [-0.1, -0.05) is 12.1 Å². The van der Waals surface area contributed by atoms with Crippen LogP contribution < -0.4 is 5.32 Å². The van der Waals surface area contributed by atoms with E-state index in [1.165, 1.54) is 60.6 Å². The predicted octanol–water partition coefficient (Wildman–Crippen LogP) is 2.95. The van der Waals surface area contributed by atoms with Gasteiger partial charge in [-0.3, -0.25) is 19.7 Å². The van der Waals surface area contributed by atoms with Gasteiger partial charge in [0.2, 0.25) is 0 Å². The van der Waals surface area contributed by atoms with Crippen LogP contribution >= 0.6 is 0 Å². The number of nitro groups is 1. The Morgan fingerprint density at radius 3 is 2.60 bits per heavy atom. The fourth-order valence-electron chi connectivity index (χ4n) is 2.87. The number of hydrogen-bond acceptors (Lipinski definition) is 6. The highest BCUT2D eigenvalue weighted by Crippen LogP contribution is 2.25. The molecule has 3 aromatic rings. The van der Waals surface area contributed by atoms with Crippen molar-refractivity contribution in [3.05, 3.63) is 88.2 Å². The van der Waals surface area contributed by atoms with Crippen LogP contribution in [0.15, 0.2) is 61.2 Å². The second-order valence-corrected chi connectivity index (χ2v) is 6.29. The Morgan fingerprint density at radius 2 is 2.00 bits per heavy atom. The third-order valence-corrected chi connectivity index (χ3v) is 4.39. The van der Waals surface area contributed by atoms with Crippen LogP contribution in [-0.4, -0.2) is 33.5 Å². The highest BCUT2D eigenvalue weighted by molar-refractivity contribution is 5.95. The highest BCUT2D eigenvalue weighted by atomic mass is 19.1. The van der Waals surface area contributed by atoms with E-state index >= 15 is 0 Å². The number of carbonyl (C=O) groups excluding carboxylic acids is 2. The lowest BCUT2D eigenvalue weighted by Crippen LogP contribution is -2.30. The number of rotatable bonds is 7. The van der Waals surface area contributed by atoms with E-state index in [0.29, 0.717) is 5.56 Å². The zero-order chi connectivity index (χ0) is 21.7. The summed E-state index contributed by atoms with van der Waals surface area (Å²) in [5, 5.41) is 14.1. The number of hydrogen-bond donors (Lipinski definition) is 1. The molecule has 0 bridgehead atoms. The molecule has 0 saturated carbocycles. The Labute approximate surface area is 170 Å². The number of amides is 1. The van der Waals surface area contributed by atoms with E-state index in [9.17, 15) is 24.1 Å². The maximum absolute atomic E-state index is 13.2. The highest BCUT2D eigenvalue weighted by Gasteiger charge is 2.23. The fraction of sp³-hybridized carbons (Fsp3) is 0.150. The maximum Gasteiger partial charge on any atom is 0.307 e. The SMILES string of the molecule is COC(=O)CC(NC(=O)c1ccc(-n2ccnc2)c([N+](=O)[O-])c1)c1ccc(F)cc1. The number of carbonyl (C=O) groups is 2. The van der Waals surface area contributed by atoms with Gasteiger partial charge in [-0.2, -0.15) is 0 Å². The third-order valence-electron chi connectivity index (χ3n) is 4.39. The Kier molecular flexibility index (Phi) is 6.16. The molecule has 0 fully saturated rings. The Balaban J connectivity index is 1.89. The van der Waals surface area contributed by atoms with E-state index in [4.69, 9.17) is 0 Å². The van der Waals surface area contributed by atoms with Crippen LogP contribution in [0.5, 0.6) is 0 Å². The molecule has 10 heteroatoms. The number of benzene rings is 2. The zero-order valence-corrected chi connectivity index (χ0v) is 15.8. The lowest BCUT2D eigenvalue weighted by atomic mass is 10.0. The van der Waals surface area contributed by atoms with Gasteiger partial charge in [0.05, 0.1) is 30.8 Å². The summed E-state index contributed by atoms with van der Waals surface area (Å²) in [4.78, 5) is 39.3. The van der Waals surface area contributed by atoms with E-state index in [1.54, 1.807) is 6.20 Å². The van der Waals surface area contributed by atoms with Crippen molar-refractivity contribution in [3.8, 4) is 5.69 Å². The predicted molar refractivity (Wildman–Crippen MR) is 103 cm³/mol. The van der Waals surface area contributed by atoms with Gasteiger partial charge < -0.3 is 14.6 Å². The molecule has 0 radical (unpaired) electrons. The molecule has 0 spiro atoms. The zero-order valence-electron chi connectivity index (χ0n) is 15.8. The van der Waals surface area contributed by atoms with E-state index in [-0.39, 0.29) is 23.4 Å². The van der Waals surface area contributed by atoms with Crippen LogP contribution in [0.1, 0.15) is 28.4 Å². The van der Waals surface area contributed by atoms with Gasteiger partial charge in [0.1, 0.15) is 11.5 Å². The van der Waals surface area contributed by atoms with Gasteiger partial charge in [0, 0.05) is 24.0 Å². The first-order valence-electron chi connectivity index (χ1n) is 8.79. The molecule has 0 aliphatic carbocycles. The van der Waals surface area contributed by atoms with E-state index in [1.807, 2.05) is 0 Å². The van der Waals surface area contributed by atoms with Gasteiger partial charge in [0.25, 0.3) is 11.6 Å². The van der Waals surface area contributed by atoms with Gasteiger partial charge >= 0.3 is 5.97 Å². The summed E-state index contributed by atoms with van der Waals surface area (Å²) >= 11 is 0. The van der Waals surface area contributed by atoms with Crippen molar-refractivity contribution < 1.29 is 23.6 Å². The first-order valence-corrected chi connectivity index (χ1v) is 8.79. The number of ether oxygens (including phenoxy) is 1. The number of methoxy groups -OCH3 is 1. The molecule has 1 aromatic heterocycles. The molecule has 0 aliphatic rings. The lowest BCUT2D eigenvalue weighted by molar-refractivity contribution is -0.384. The molecular weight excluding hydrogens is 395 g/mol. The minimum absolute atomic E-state index is 0.0301. The normalized spacial score (nSPS) is 11.5. The molecule has 0 aliphatic heterocycles. The summed E-state index contributed by atoms with van der Waals surface area (Å²) in [5.74, 6) is -1.67. The number of imidazole rings is 1. The van der Waals surface area contributed by atoms with E-state index in [2.05, 4.69) is 15.0 Å². The molecule has 1 N–H and O–H groups in total. The Morgan fingerprint density at radius 1 is 1.27 bits per heavy atom. The average molecular weight is 412 g/mol. The van der Waals surface area contributed by atoms with Gasteiger partial charge in [0.15, 0.2) is 0 Å². The second kappa shape index (κ2) is 8.95. The minimum Gasteiger partial charge on any atom is -0.469 e. The van der Waals surface area contributed by atoms with Crippen molar-refractivity contribution in [2.24, 2.45) is 0 Å². The summed E-state index contributed by atoms with van der Waals surface area (Å²) in [6.07, 6.45) is 4.24. The van der Waals surface area contributed by atoms with Gasteiger partial charge in [-0.05, 0) is 29.8 Å². The second-order valence-electron chi connectivity index (χ2n) is 6.29. The molecule has 2 aromatic carbocycles. The van der Waals surface area contributed by atoms with Crippen molar-refractivity contribution in [2.45, 2.75) is 12.5 Å². The van der Waals surface area contributed by atoms with Gasteiger partial charge in [-0.15, -0.1) is 0 Å². The topological polar surface area (TPSA) is 116 Å². The van der Waals surface area contributed by atoms with Crippen LogP contribution in [0.25, 0.3) is 5.69 Å². The molecule has 1 heterocycles. The number of halogens is 1. The average Bonchev–Trinajstić information content (AvgIpc) is 3.28. The maximum atomic E-state index is 13.2. The van der Waals surface area contributed by atoms with Crippen LogP contribution in [0.2, 0.25) is 0 Å². The van der Waals surface area contributed by atoms with E-state index < -0.39 is 28.7 Å². The van der Waals surface area contributed by atoms with E-state index in [0.717, 1.165) is 6.07 Å². The first-order chi connectivity index (χ1) is 14.4. The molecule has 0 saturated heterocycles.